The molecule has 1 aliphatic carbocycles. The Morgan fingerprint density at radius 1 is 1.44 bits per heavy atom. The molecule has 1 unspecified atom stereocenters. The molecule has 1 fully saturated rings. The topological polar surface area (TPSA) is 87.7 Å². The Bertz CT molecular complexity index is 302. The number of urea groups is 1. The van der Waals surface area contributed by atoms with Crippen LogP contribution in [0.2, 0.25) is 0 Å². The van der Waals surface area contributed by atoms with Gasteiger partial charge in [0.15, 0.2) is 0 Å². The maximum absolute atomic E-state index is 11.5. The van der Waals surface area contributed by atoms with Crippen molar-refractivity contribution in [1.29, 1.82) is 0 Å². The largest absolute Gasteiger partial charge is 0.481 e. The number of aliphatic carboxylic acids is 1. The third-order valence-electron chi connectivity index (χ3n) is 3.28. The molecule has 3 N–H and O–H groups in total. The third-order valence-corrected chi connectivity index (χ3v) is 3.28. The van der Waals surface area contributed by atoms with Crippen LogP contribution in [0.5, 0.6) is 0 Å². The van der Waals surface area contributed by atoms with Crippen LogP contribution in [0.1, 0.15) is 32.6 Å². The molecule has 6 nitrogen and oxygen atoms in total. The van der Waals surface area contributed by atoms with Crippen LogP contribution in [0.15, 0.2) is 0 Å². The number of carbonyl (C=O) groups excluding carboxylic acids is 1. The molecule has 18 heavy (non-hydrogen) atoms. The Labute approximate surface area is 107 Å². The first-order valence-corrected chi connectivity index (χ1v) is 6.22. The summed E-state index contributed by atoms with van der Waals surface area (Å²) in [5.74, 6) is -0.915. The van der Waals surface area contributed by atoms with E-state index < -0.39 is 5.97 Å². The third kappa shape index (κ3) is 5.35. The minimum absolute atomic E-state index is 0.0672. The molecule has 0 aliphatic heterocycles. The van der Waals surface area contributed by atoms with Gasteiger partial charge in [0.2, 0.25) is 0 Å². The number of hydrogen-bond donors (Lipinski definition) is 3. The number of nitrogens with one attached hydrogen (secondary N) is 2. The highest BCUT2D eigenvalue weighted by Gasteiger charge is 2.42. The van der Waals surface area contributed by atoms with Gasteiger partial charge in [0.1, 0.15) is 0 Å². The number of hydrogen-bond acceptors (Lipinski definition) is 3. The minimum atomic E-state index is -0.915. The summed E-state index contributed by atoms with van der Waals surface area (Å²) in [6.07, 6.45) is 3.11. The summed E-state index contributed by atoms with van der Waals surface area (Å²) in [6.45, 7) is 3.01. The Kier molecular flexibility index (Phi) is 5.40. The summed E-state index contributed by atoms with van der Waals surface area (Å²) in [4.78, 5) is 22.0. The van der Waals surface area contributed by atoms with E-state index in [1.807, 2.05) is 0 Å². The molecule has 0 heterocycles. The predicted molar refractivity (Wildman–Crippen MR) is 66.4 cm³/mol. The lowest BCUT2D eigenvalue weighted by Crippen LogP contribution is -2.43. The second-order valence-corrected chi connectivity index (χ2v) is 5.07. The van der Waals surface area contributed by atoms with Crippen LogP contribution in [0.3, 0.4) is 0 Å². The number of carboxylic acids is 1. The molecule has 0 spiro atoms. The van der Waals surface area contributed by atoms with Gasteiger partial charge in [-0.15, -0.1) is 0 Å². The highest BCUT2D eigenvalue weighted by atomic mass is 16.5. The van der Waals surface area contributed by atoms with Crippen LogP contribution in [0, 0.1) is 5.41 Å². The highest BCUT2D eigenvalue weighted by Crippen LogP contribution is 2.48. The molecule has 2 amide bonds. The predicted octanol–water partition coefficient (Wildman–Crippen LogP) is 0.965. The number of carbonyl (C=O) groups is 2. The molecule has 1 aliphatic rings. The van der Waals surface area contributed by atoms with E-state index >= 15 is 0 Å². The van der Waals surface area contributed by atoms with Crippen molar-refractivity contribution in [1.82, 2.24) is 10.6 Å². The van der Waals surface area contributed by atoms with Gasteiger partial charge < -0.3 is 20.5 Å². The van der Waals surface area contributed by atoms with Gasteiger partial charge in [0.25, 0.3) is 0 Å². The van der Waals surface area contributed by atoms with Crippen molar-refractivity contribution >= 4 is 12.0 Å². The zero-order valence-electron chi connectivity index (χ0n) is 11.0. The van der Waals surface area contributed by atoms with Gasteiger partial charge >= 0.3 is 12.0 Å². The molecular formula is C12H22N2O4. The smallest absolute Gasteiger partial charge is 0.315 e. The van der Waals surface area contributed by atoms with Crippen molar-refractivity contribution in [3.05, 3.63) is 0 Å². The van der Waals surface area contributed by atoms with Crippen molar-refractivity contribution in [2.45, 2.75) is 38.6 Å². The van der Waals surface area contributed by atoms with Gasteiger partial charge in [-0.05, 0) is 31.6 Å². The molecule has 0 aromatic rings. The molecule has 0 aromatic carbocycles. The van der Waals surface area contributed by atoms with E-state index in [0.29, 0.717) is 13.2 Å². The first-order chi connectivity index (χ1) is 8.47. The van der Waals surface area contributed by atoms with Gasteiger partial charge in [0.05, 0.1) is 6.42 Å². The average molecular weight is 258 g/mol. The summed E-state index contributed by atoms with van der Waals surface area (Å²) in [5.41, 5.74) is 0.198. The lowest BCUT2D eigenvalue weighted by Gasteiger charge is -2.17. The van der Waals surface area contributed by atoms with Gasteiger partial charge in [-0.1, -0.05) is 0 Å². The van der Waals surface area contributed by atoms with Crippen LogP contribution in [-0.4, -0.2) is 43.4 Å². The van der Waals surface area contributed by atoms with Crippen LogP contribution in [0.4, 0.5) is 4.79 Å². The standard InChI is InChI=1S/C12H22N2O4/c1-9(7-10(15)16)14-11(17)13-8-12(3-4-12)5-6-18-2/h9H,3-8H2,1-2H3,(H,15,16)(H2,13,14,17). The first kappa shape index (κ1) is 14.8. The lowest BCUT2D eigenvalue weighted by molar-refractivity contribution is -0.137. The summed E-state index contributed by atoms with van der Waals surface area (Å²) in [6, 6.07) is -0.663. The van der Waals surface area contributed by atoms with E-state index in [0.717, 1.165) is 19.3 Å². The van der Waals surface area contributed by atoms with E-state index in [1.54, 1.807) is 14.0 Å². The quantitative estimate of drug-likeness (QED) is 0.605. The maximum atomic E-state index is 11.5. The Balaban J connectivity index is 2.19. The minimum Gasteiger partial charge on any atom is -0.481 e. The van der Waals surface area contributed by atoms with Crippen molar-refractivity contribution in [3.63, 3.8) is 0 Å². The Morgan fingerprint density at radius 2 is 2.11 bits per heavy atom. The lowest BCUT2D eigenvalue weighted by atomic mass is 10.0. The number of amides is 2. The monoisotopic (exact) mass is 258 g/mol. The van der Waals surface area contributed by atoms with Crippen molar-refractivity contribution in [2.24, 2.45) is 5.41 Å². The number of carboxylic acid groups (broad SMARTS) is 1. The summed E-state index contributed by atoms with van der Waals surface area (Å²) in [7, 11) is 1.67. The highest BCUT2D eigenvalue weighted by molar-refractivity contribution is 5.75. The fraction of sp³-hybridized carbons (Fsp3) is 0.833. The molecule has 0 aromatic heterocycles. The summed E-state index contributed by atoms with van der Waals surface area (Å²) >= 11 is 0. The van der Waals surface area contributed by atoms with Crippen molar-refractivity contribution < 1.29 is 19.4 Å². The SMILES string of the molecule is COCCC1(CNC(=O)NC(C)CC(=O)O)CC1. The molecular weight excluding hydrogens is 236 g/mol. The van der Waals surface area contributed by atoms with E-state index in [1.165, 1.54) is 0 Å². The molecule has 1 rings (SSSR count). The van der Waals surface area contributed by atoms with Crippen LogP contribution < -0.4 is 10.6 Å². The zero-order chi connectivity index (χ0) is 13.6. The van der Waals surface area contributed by atoms with Crippen molar-refractivity contribution in [3.8, 4) is 0 Å². The average Bonchev–Trinajstić information content (AvgIpc) is 3.03. The van der Waals surface area contributed by atoms with E-state index in [4.69, 9.17) is 9.84 Å². The van der Waals surface area contributed by atoms with Gasteiger partial charge in [-0.2, -0.15) is 0 Å². The summed E-state index contributed by atoms with van der Waals surface area (Å²) in [5, 5.41) is 14.0. The Hall–Kier alpha value is -1.30. The number of methoxy groups -OCH3 is 1. The number of rotatable bonds is 8. The van der Waals surface area contributed by atoms with Gasteiger partial charge in [-0.3, -0.25) is 4.79 Å². The molecule has 1 saturated carbocycles. The second-order valence-electron chi connectivity index (χ2n) is 5.07. The van der Waals surface area contributed by atoms with Crippen LogP contribution >= 0.6 is 0 Å². The molecule has 104 valence electrons. The van der Waals surface area contributed by atoms with E-state index in [9.17, 15) is 9.59 Å². The maximum Gasteiger partial charge on any atom is 0.315 e. The molecule has 0 saturated heterocycles. The van der Waals surface area contributed by atoms with Crippen LogP contribution in [-0.2, 0) is 9.53 Å². The normalized spacial score (nSPS) is 17.9. The molecule has 0 bridgehead atoms. The van der Waals surface area contributed by atoms with Crippen molar-refractivity contribution in [2.75, 3.05) is 20.3 Å². The molecule has 6 heteroatoms. The van der Waals surface area contributed by atoms with Gasteiger partial charge in [0, 0.05) is 26.3 Å². The zero-order valence-corrected chi connectivity index (χ0v) is 11.0. The summed E-state index contributed by atoms with van der Waals surface area (Å²) < 4.78 is 5.04. The molecule has 1 atom stereocenters. The Morgan fingerprint density at radius 3 is 2.61 bits per heavy atom. The first-order valence-electron chi connectivity index (χ1n) is 6.22. The fourth-order valence-corrected chi connectivity index (χ4v) is 1.87. The number of ether oxygens (including phenoxy) is 1. The van der Waals surface area contributed by atoms with Crippen LogP contribution in [0.25, 0.3) is 0 Å². The molecule has 0 radical (unpaired) electrons. The van der Waals surface area contributed by atoms with E-state index in [-0.39, 0.29) is 23.9 Å². The fourth-order valence-electron chi connectivity index (χ4n) is 1.87. The van der Waals surface area contributed by atoms with Gasteiger partial charge in [-0.25, -0.2) is 4.79 Å². The second kappa shape index (κ2) is 6.58. The van der Waals surface area contributed by atoms with E-state index in [2.05, 4.69) is 10.6 Å².